The summed E-state index contributed by atoms with van der Waals surface area (Å²) in [5.74, 6) is 0. The molecule has 1 aliphatic rings. The molecule has 0 bridgehead atoms. The van der Waals surface area contributed by atoms with Crippen molar-refractivity contribution >= 4 is 7.82 Å². The number of hydrogen-bond acceptors (Lipinski definition) is 9. The van der Waals surface area contributed by atoms with Crippen LogP contribution in [0.25, 0.3) is 0 Å². The second-order valence-electron chi connectivity index (χ2n) is 4.47. The van der Waals surface area contributed by atoms with E-state index >= 15 is 0 Å². The van der Waals surface area contributed by atoms with Gasteiger partial charge >= 0.3 is 7.82 Å². The van der Waals surface area contributed by atoms with Crippen molar-refractivity contribution in [1.29, 1.82) is 0 Å². The lowest BCUT2D eigenvalue weighted by molar-refractivity contribution is -0.220. The van der Waals surface area contributed by atoms with Gasteiger partial charge in [0.1, 0.15) is 36.6 Å². The fraction of sp³-hybridized carbons (Fsp3) is 1.00. The number of aliphatic hydroxyl groups is 5. The van der Waals surface area contributed by atoms with Gasteiger partial charge in [-0.3, -0.25) is 9.05 Å². The Balaban J connectivity index is 2.71. The van der Waals surface area contributed by atoms with Crippen molar-refractivity contribution in [1.82, 2.24) is 0 Å². The second kappa shape index (κ2) is 7.23. The van der Waals surface area contributed by atoms with E-state index in [9.17, 15) is 35.0 Å². The number of nitrogens with two attached hydrogens (primary N) is 1. The third kappa shape index (κ3) is 4.18. The Kier molecular flexibility index (Phi) is 6.48. The summed E-state index contributed by atoms with van der Waals surface area (Å²) in [6, 6.07) is 0. The SMILES string of the molecule is NCCCOP(=O)(O)OC1[C@H](O)[C@H](O)C(O)[C@H](O)[C@H]1O. The van der Waals surface area contributed by atoms with E-state index in [1.807, 2.05) is 0 Å². The van der Waals surface area contributed by atoms with Gasteiger partial charge < -0.3 is 36.2 Å². The zero-order chi connectivity index (χ0) is 15.5. The van der Waals surface area contributed by atoms with Crippen LogP contribution in [0.3, 0.4) is 0 Å². The van der Waals surface area contributed by atoms with Gasteiger partial charge in [-0.05, 0) is 13.0 Å². The molecule has 0 radical (unpaired) electrons. The summed E-state index contributed by atoms with van der Waals surface area (Å²) in [7, 11) is -4.62. The molecule has 0 aromatic heterocycles. The van der Waals surface area contributed by atoms with E-state index in [0.29, 0.717) is 0 Å². The highest BCUT2D eigenvalue weighted by molar-refractivity contribution is 7.47. The molecule has 11 heteroatoms. The van der Waals surface area contributed by atoms with E-state index in [0.717, 1.165) is 0 Å². The lowest BCUT2D eigenvalue weighted by atomic mass is 9.85. The van der Waals surface area contributed by atoms with Crippen molar-refractivity contribution in [2.24, 2.45) is 5.73 Å². The summed E-state index contributed by atoms with van der Waals surface area (Å²) in [5.41, 5.74) is 5.17. The first kappa shape index (κ1) is 17.9. The highest BCUT2D eigenvalue weighted by atomic mass is 31.2. The predicted octanol–water partition coefficient (Wildman–Crippen LogP) is -3.34. The molecule has 7 atom stereocenters. The zero-order valence-corrected chi connectivity index (χ0v) is 11.4. The average Bonchev–Trinajstić information content (AvgIpc) is 2.39. The molecule has 0 saturated heterocycles. The minimum atomic E-state index is -4.62. The van der Waals surface area contributed by atoms with E-state index in [-0.39, 0.29) is 19.6 Å². The highest BCUT2D eigenvalue weighted by Crippen LogP contribution is 2.46. The standard InChI is InChI=1S/C9H20NO9P/c10-2-1-3-18-20(16,17)19-9-7(14)5(12)4(11)6(13)8(9)15/h4-9,11-15H,1-3,10H2,(H,16,17)/t4?,5-,6+,7-,8-,9?/m1/s1. The third-order valence-corrected chi connectivity index (χ3v) is 3.95. The summed E-state index contributed by atoms with van der Waals surface area (Å²) in [4.78, 5) is 9.39. The summed E-state index contributed by atoms with van der Waals surface area (Å²) in [6.45, 7) is 0.0369. The molecule has 120 valence electrons. The summed E-state index contributed by atoms with van der Waals surface area (Å²) >= 11 is 0. The zero-order valence-electron chi connectivity index (χ0n) is 10.5. The van der Waals surface area contributed by atoms with Crippen LogP contribution in [-0.2, 0) is 13.6 Å². The van der Waals surface area contributed by atoms with Crippen LogP contribution in [0.5, 0.6) is 0 Å². The molecule has 0 aromatic carbocycles. The molecule has 1 aliphatic carbocycles. The molecule has 0 heterocycles. The van der Waals surface area contributed by atoms with Crippen molar-refractivity contribution < 1.29 is 44.0 Å². The molecular formula is C9H20NO9P. The van der Waals surface area contributed by atoms with Crippen molar-refractivity contribution in [2.75, 3.05) is 13.2 Å². The predicted molar refractivity (Wildman–Crippen MR) is 64.4 cm³/mol. The van der Waals surface area contributed by atoms with Crippen molar-refractivity contribution in [3.63, 3.8) is 0 Å². The first-order valence-corrected chi connectivity index (χ1v) is 7.47. The minimum Gasteiger partial charge on any atom is -0.387 e. The monoisotopic (exact) mass is 317 g/mol. The van der Waals surface area contributed by atoms with Crippen molar-refractivity contribution in [3.8, 4) is 0 Å². The Morgan fingerprint density at radius 2 is 1.40 bits per heavy atom. The van der Waals surface area contributed by atoms with Gasteiger partial charge in [0.15, 0.2) is 0 Å². The smallest absolute Gasteiger partial charge is 0.387 e. The number of aliphatic hydroxyl groups excluding tert-OH is 5. The first-order chi connectivity index (χ1) is 9.21. The molecule has 10 nitrogen and oxygen atoms in total. The van der Waals surface area contributed by atoms with Crippen molar-refractivity contribution in [3.05, 3.63) is 0 Å². The summed E-state index contributed by atoms with van der Waals surface area (Å²) in [6.07, 6.45) is -10.8. The molecule has 20 heavy (non-hydrogen) atoms. The van der Waals surface area contributed by atoms with Crippen molar-refractivity contribution in [2.45, 2.75) is 43.0 Å². The van der Waals surface area contributed by atoms with Crippen LogP contribution in [0.2, 0.25) is 0 Å². The molecule has 8 N–H and O–H groups in total. The van der Waals surface area contributed by atoms with Crippen LogP contribution in [-0.4, -0.2) is 80.2 Å². The van der Waals surface area contributed by atoms with Crippen LogP contribution >= 0.6 is 7.82 Å². The normalized spacial score (nSPS) is 41.4. The fourth-order valence-electron chi connectivity index (χ4n) is 1.77. The number of rotatable bonds is 6. The second-order valence-corrected chi connectivity index (χ2v) is 5.87. The number of phosphoric acid groups is 1. The Morgan fingerprint density at radius 1 is 0.950 bits per heavy atom. The van der Waals surface area contributed by atoms with Gasteiger partial charge in [0, 0.05) is 0 Å². The summed E-state index contributed by atoms with van der Waals surface area (Å²) < 4.78 is 20.6. The van der Waals surface area contributed by atoms with E-state index in [1.165, 1.54) is 0 Å². The Bertz CT molecular complexity index is 340. The fourth-order valence-corrected chi connectivity index (χ4v) is 2.75. The van der Waals surface area contributed by atoms with Gasteiger partial charge in [-0.25, -0.2) is 4.57 Å². The molecular weight excluding hydrogens is 297 g/mol. The maximum Gasteiger partial charge on any atom is 0.472 e. The Hall–Kier alpha value is -0.130. The first-order valence-electron chi connectivity index (χ1n) is 5.97. The molecule has 0 aliphatic heterocycles. The van der Waals surface area contributed by atoms with Gasteiger partial charge in [0.05, 0.1) is 6.61 Å². The van der Waals surface area contributed by atoms with E-state index in [4.69, 9.17) is 5.73 Å². The highest BCUT2D eigenvalue weighted by Gasteiger charge is 2.51. The number of phosphoric ester groups is 1. The van der Waals surface area contributed by atoms with Crippen LogP contribution in [0.4, 0.5) is 0 Å². The van der Waals surface area contributed by atoms with E-state index < -0.39 is 44.4 Å². The largest absolute Gasteiger partial charge is 0.472 e. The molecule has 1 rings (SSSR count). The van der Waals surface area contributed by atoms with Crippen LogP contribution in [0, 0.1) is 0 Å². The van der Waals surface area contributed by atoms with Crippen LogP contribution < -0.4 is 5.73 Å². The Labute approximate surface area is 115 Å². The lowest BCUT2D eigenvalue weighted by Crippen LogP contribution is -2.64. The molecule has 3 unspecified atom stereocenters. The van der Waals surface area contributed by atoms with Gasteiger partial charge in [-0.1, -0.05) is 0 Å². The topological polar surface area (TPSA) is 183 Å². The van der Waals surface area contributed by atoms with Gasteiger partial charge in [0.25, 0.3) is 0 Å². The molecule has 0 aromatic rings. The van der Waals surface area contributed by atoms with Crippen LogP contribution in [0.1, 0.15) is 6.42 Å². The lowest BCUT2D eigenvalue weighted by Gasteiger charge is -2.41. The molecule has 0 spiro atoms. The van der Waals surface area contributed by atoms with Gasteiger partial charge in [0.2, 0.25) is 0 Å². The Morgan fingerprint density at radius 3 is 1.85 bits per heavy atom. The van der Waals surface area contributed by atoms with E-state index in [2.05, 4.69) is 9.05 Å². The van der Waals surface area contributed by atoms with Gasteiger partial charge in [-0.15, -0.1) is 0 Å². The van der Waals surface area contributed by atoms with Crippen LogP contribution in [0.15, 0.2) is 0 Å². The molecule has 0 amide bonds. The van der Waals surface area contributed by atoms with E-state index in [1.54, 1.807) is 0 Å². The third-order valence-electron chi connectivity index (χ3n) is 2.93. The maximum absolute atomic E-state index is 11.6. The summed E-state index contributed by atoms with van der Waals surface area (Å²) in [5, 5.41) is 47.4. The minimum absolute atomic E-state index is 0.184. The average molecular weight is 317 g/mol. The molecule has 1 fully saturated rings. The number of hydrogen-bond donors (Lipinski definition) is 7. The molecule has 1 saturated carbocycles. The quantitative estimate of drug-likeness (QED) is 0.193. The maximum atomic E-state index is 11.6. The van der Waals surface area contributed by atoms with Gasteiger partial charge in [-0.2, -0.15) is 0 Å².